The third kappa shape index (κ3) is 1.69. The van der Waals surface area contributed by atoms with E-state index in [0.29, 0.717) is 17.0 Å². The van der Waals surface area contributed by atoms with Gasteiger partial charge in [-0.3, -0.25) is 9.78 Å². The molecule has 0 aliphatic rings. The van der Waals surface area contributed by atoms with Crippen molar-refractivity contribution < 1.29 is 0 Å². The summed E-state index contributed by atoms with van der Waals surface area (Å²) in [5.74, 6) is 0. The zero-order chi connectivity index (χ0) is 10.8. The molecule has 6 nitrogen and oxygen atoms in total. The lowest BCUT2D eigenvalue weighted by Crippen LogP contribution is -2.25. The molecule has 0 radical (unpaired) electrons. The predicted molar refractivity (Wildman–Crippen MR) is 53.4 cm³/mol. The largest absolute Gasteiger partial charge is 0.326 e. The molecule has 0 aliphatic heterocycles. The Bertz CT molecular complexity index is 585. The van der Waals surface area contributed by atoms with Crippen LogP contribution in [-0.4, -0.2) is 19.9 Å². The highest BCUT2D eigenvalue weighted by Crippen LogP contribution is 2.12. The van der Waals surface area contributed by atoms with Crippen molar-refractivity contribution >= 4 is 0 Å². The molecule has 6 heteroatoms. The molecule has 0 atom stereocenters. The summed E-state index contributed by atoms with van der Waals surface area (Å²) < 4.78 is 0. The molecule has 0 unspecified atom stereocenters. The summed E-state index contributed by atoms with van der Waals surface area (Å²) in [7, 11) is 0. The standard InChI is InChI=1S/C9H8N4O2/c1-5-7(6-2-3-10-4-11-6)12-9(15)13-8(5)14/h2-4H,1H3,(H2,12,13,14,15). The lowest BCUT2D eigenvalue weighted by Gasteiger charge is -2.01. The van der Waals surface area contributed by atoms with Gasteiger partial charge < -0.3 is 4.98 Å². The quantitative estimate of drug-likeness (QED) is 0.674. The SMILES string of the molecule is Cc1c(-c2ccncn2)[nH]c(=O)[nH]c1=O. The molecule has 2 heterocycles. The second-order valence-electron chi connectivity index (χ2n) is 3.00. The maximum atomic E-state index is 11.3. The fourth-order valence-corrected chi connectivity index (χ4v) is 1.24. The molecule has 0 aromatic carbocycles. The summed E-state index contributed by atoms with van der Waals surface area (Å²) in [5, 5.41) is 0. The van der Waals surface area contributed by atoms with Crippen LogP contribution < -0.4 is 11.2 Å². The van der Waals surface area contributed by atoms with Crippen molar-refractivity contribution in [3.8, 4) is 11.4 Å². The minimum atomic E-state index is -0.542. The molecule has 0 fully saturated rings. The molecule has 15 heavy (non-hydrogen) atoms. The minimum absolute atomic E-state index is 0.410. The fraction of sp³-hybridized carbons (Fsp3) is 0.111. The van der Waals surface area contributed by atoms with E-state index in [9.17, 15) is 9.59 Å². The summed E-state index contributed by atoms with van der Waals surface area (Å²) in [4.78, 5) is 34.8. The number of nitrogens with zero attached hydrogens (tertiary/aromatic N) is 2. The molecule has 76 valence electrons. The van der Waals surface area contributed by atoms with Crippen molar-refractivity contribution in [1.29, 1.82) is 0 Å². The van der Waals surface area contributed by atoms with E-state index >= 15 is 0 Å². The minimum Gasteiger partial charge on any atom is -0.305 e. The van der Waals surface area contributed by atoms with Crippen molar-refractivity contribution in [3.63, 3.8) is 0 Å². The van der Waals surface area contributed by atoms with Crippen LogP contribution in [0.25, 0.3) is 11.4 Å². The first-order valence-corrected chi connectivity index (χ1v) is 4.28. The summed E-state index contributed by atoms with van der Waals surface area (Å²) >= 11 is 0. The smallest absolute Gasteiger partial charge is 0.305 e. The van der Waals surface area contributed by atoms with Crippen LogP contribution in [0.1, 0.15) is 5.56 Å². The van der Waals surface area contributed by atoms with E-state index < -0.39 is 11.2 Å². The third-order valence-corrected chi connectivity index (χ3v) is 2.02. The molecule has 0 bridgehead atoms. The van der Waals surface area contributed by atoms with Gasteiger partial charge in [0.15, 0.2) is 0 Å². The highest BCUT2D eigenvalue weighted by molar-refractivity contribution is 5.56. The molecule has 2 aromatic heterocycles. The Kier molecular flexibility index (Phi) is 2.17. The van der Waals surface area contributed by atoms with Crippen molar-refractivity contribution in [2.45, 2.75) is 6.92 Å². The third-order valence-electron chi connectivity index (χ3n) is 2.02. The van der Waals surface area contributed by atoms with Gasteiger partial charge in [0.05, 0.1) is 11.4 Å². The first kappa shape index (κ1) is 9.32. The molecular weight excluding hydrogens is 196 g/mol. The van der Waals surface area contributed by atoms with Crippen molar-refractivity contribution in [2.75, 3.05) is 0 Å². The number of hydrogen-bond donors (Lipinski definition) is 2. The average molecular weight is 204 g/mol. The summed E-state index contributed by atoms with van der Waals surface area (Å²) in [6.45, 7) is 1.62. The zero-order valence-electron chi connectivity index (χ0n) is 7.94. The molecule has 0 amide bonds. The Morgan fingerprint density at radius 1 is 1.27 bits per heavy atom. The molecule has 0 saturated carbocycles. The van der Waals surface area contributed by atoms with Crippen LogP contribution in [0.2, 0.25) is 0 Å². The van der Waals surface area contributed by atoms with Gasteiger partial charge in [0.25, 0.3) is 5.56 Å². The van der Waals surface area contributed by atoms with Crippen molar-refractivity contribution in [1.82, 2.24) is 19.9 Å². The van der Waals surface area contributed by atoms with Crippen LogP contribution in [0.3, 0.4) is 0 Å². The van der Waals surface area contributed by atoms with Crippen molar-refractivity contribution in [3.05, 3.63) is 45.0 Å². The Hall–Kier alpha value is -2.24. The molecule has 2 aromatic rings. The average Bonchev–Trinajstić information content (AvgIpc) is 2.24. The Morgan fingerprint density at radius 3 is 2.73 bits per heavy atom. The van der Waals surface area contributed by atoms with Crippen LogP contribution in [0.5, 0.6) is 0 Å². The van der Waals surface area contributed by atoms with Crippen LogP contribution in [0.4, 0.5) is 0 Å². The first-order chi connectivity index (χ1) is 7.18. The molecule has 2 N–H and O–H groups in total. The highest BCUT2D eigenvalue weighted by atomic mass is 16.2. The molecule has 0 spiro atoms. The second-order valence-corrected chi connectivity index (χ2v) is 3.00. The second kappa shape index (κ2) is 3.49. The topological polar surface area (TPSA) is 91.5 Å². The van der Waals surface area contributed by atoms with E-state index in [2.05, 4.69) is 19.9 Å². The Balaban J connectivity index is 2.74. The number of nitrogens with one attached hydrogen (secondary N) is 2. The predicted octanol–water partition coefficient (Wildman–Crippen LogP) is -0.171. The van der Waals surface area contributed by atoms with Crippen LogP contribution in [0.15, 0.2) is 28.2 Å². The number of H-pyrrole nitrogens is 2. The molecule has 2 rings (SSSR count). The fourth-order valence-electron chi connectivity index (χ4n) is 1.24. The van der Waals surface area contributed by atoms with Crippen LogP contribution >= 0.6 is 0 Å². The van der Waals surface area contributed by atoms with Gasteiger partial charge >= 0.3 is 5.69 Å². The first-order valence-electron chi connectivity index (χ1n) is 4.28. The van der Waals surface area contributed by atoms with E-state index in [1.807, 2.05) is 0 Å². The summed E-state index contributed by atoms with van der Waals surface area (Å²) in [5.41, 5.74) is 0.414. The maximum absolute atomic E-state index is 11.3. The molecule has 0 saturated heterocycles. The van der Waals surface area contributed by atoms with Gasteiger partial charge in [-0.2, -0.15) is 0 Å². The van der Waals surface area contributed by atoms with Gasteiger partial charge in [0.1, 0.15) is 6.33 Å². The van der Waals surface area contributed by atoms with Gasteiger partial charge in [0.2, 0.25) is 0 Å². The molecule has 0 aliphatic carbocycles. The van der Waals surface area contributed by atoms with E-state index in [1.54, 1.807) is 19.2 Å². The van der Waals surface area contributed by atoms with E-state index in [4.69, 9.17) is 0 Å². The van der Waals surface area contributed by atoms with Crippen LogP contribution in [0, 0.1) is 6.92 Å². The lowest BCUT2D eigenvalue weighted by atomic mass is 10.2. The van der Waals surface area contributed by atoms with Gasteiger partial charge in [-0.15, -0.1) is 0 Å². The van der Waals surface area contributed by atoms with Gasteiger partial charge in [-0.25, -0.2) is 14.8 Å². The highest BCUT2D eigenvalue weighted by Gasteiger charge is 2.07. The number of aromatic nitrogens is 4. The van der Waals surface area contributed by atoms with E-state index in [0.717, 1.165) is 0 Å². The normalized spacial score (nSPS) is 10.2. The van der Waals surface area contributed by atoms with E-state index in [-0.39, 0.29) is 0 Å². The molecular formula is C9H8N4O2. The van der Waals surface area contributed by atoms with E-state index in [1.165, 1.54) is 6.33 Å². The Morgan fingerprint density at radius 2 is 2.07 bits per heavy atom. The Labute approximate surface area is 84.1 Å². The number of rotatable bonds is 1. The van der Waals surface area contributed by atoms with Crippen LogP contribution in [-0.2, 0) is 0 Å². The zero-order valence-corrected chi connectivity index (χ0v) is 7.94. The summed E-state index contributed by atoms with van der Waals surface area (Å²) in [6.07, 6.45) is 2.90. The van der Waals surface area contributed by atoms with Gasteiger partial charge in [0, 0.05) is 11.8 Å². The maximum Gasteiger partial charge on any atom is 0.326 e. The van der Waals surface area contributed by atoms with Gasteiger partial charge in [-0.1, -0.05) is 0 Å². The monoisotopic (exact) mass is 204 g/mol. The summed E-state index contributed by atoms with van der Waals surface area (Å²) in [6, 6.07) is 1.62. The van der Waals surface area contributed by atoms with Gasteiger partial charge in [-0.05, 0) is 13.0 Å². The van der Waals surface area contributed by atoms with Crippen molar-refractivity contribution in [2.24, 2.45) is 0 Å². The number of aromatic amines is 2. The number of hydrogen-bond acceptors (Lipinski definition) is 4. The lowest BCUT2D eigenvalue weighted by molar-refractivity contribution is 1.00.